The number of aromatic nitrogens is 1. The molecule has 1 atom stereocenters. The maximum Gasteiger partial charge on any atom is 0.254 e. The smallest absolute Gasteiger partial charge is 0.254 e. The van der Waals surface area contributed by atoms with Crippen LogP contribution in [0.2, 0.25) is 0 Å². The number of pyridine rings is 1. The molecule has 1 unspecified atom stereocenters. The molecule has 0 aliphatic rings. The SMILES string of the molecule is COc1ncc(C(C)N(C)C(=O)c2ccc(Br)c(F)c2)c2cc(F)c(F)cc12. The van der Waals surface area contributed by atoms with E-state index in [4.69, 9.17) is 4.74 Å². The Bertz CT molecular complexity index is 1070. The Hall–Kier alpha value is -2.61. The van der Waals surface area contributed by atoms with Gasteiger partial charge in [0, 0.05) is 29.8 Å². The number of carbonyl (C=O) groups excluding carboxylic acids is 1. The summed E-state index contributed by atoms with van der Waals surface area (Å²) >= 11 is 3.05. The fraction of sp³-hybridized carbons (Fsp3) is 0.200. The molecule has 4 nitrogen and oxygen atoms in total. The third-order valence-electron chi connectivity index (χ3n) is 4.63. The first kappa shape index (κ1) is 20.1. The molecule has 0 bridgehead atoms. The molecule has 0 aliphatic carbocycles. The van der Waals surface area contributed by atoms with Gasteiger partial charge in [-0.05, 0) is 58.6 Å². The van der Waals surface area contributed by atoms with Crippen LogP contribution in [0.15, 0.2) is 41.0 Å². The molecule has 146 valence electrons. The highest BCUT2D eigenvalue weighted by Gasteiger charge is 2.23. The molecule has 0 N–H and O–H groups in total. The van der Waals surface area contributed by atoms with Gasteiger partial charge in [0.1, 0.15) is 5.82 Å². The van der Waals surface area contributed by atoms with Crippen molar-refractivity contribution in [1.29, 1.82) is 0 Å². The number of halogens is 4. The fourth-order valence-electron chi connectivity index (χ4n) is 2.94. The van der Waals surface area contributed by atoms with Crippen LogP contribution in [0.4, 0.5) is 13.2 Å². The topological polar surface area (TPSA) is 42.4 Å². The molecule has 0 saturated heterocycles. The summed E-state index contributed by atoms with van der Waals surface area (Å²) in [4.78, 5) is 18.3. The molecule has 3 rings (SSSR count). The van der Waals surface area contributed by atoms with Gasteiger partial charge in [-0.2, -0.15) is 0 Å². The molecule has 0 saturated carbocycles. The van der Waals surface area contributed by atoms with Crippen LogP contribution in [-0.2, 0) is 0 Å². The molecule has 0 aliphatic heterocycles. The lowest BCUT2D eigenvalue weighted by atomic mass is 10.0. The van der Waals surface area contributed by atoms with Crippen LogP contribution in [0.25, 0.3) is 10.8 Å². The van der Waals surface area contributed by atoms with Gasteiger partial charge in [-0.3, -0.25) is 4.79 Å². The van der Waals surface area contributed by atoms with E-state index in [1.807, 2.05) is 0 Å². The van der Waals surface area contributed by atoms with Crippen molar-refractivity contribution in [1.82, 2.24) is 9.88 Å². The predicted octanol–water partition coefficient (Wildman–Crippen LogP) is 5.26. The molecule has 0 fully saturated rings. The van der Waals surface area contributed by atoms with Gasteiger partial charge in [-0.15, -0.1) is 0 Å². The zero-order chi connectivity index (χ0) is 20.6. The van der Waals surface area contributed by atoms with Gasteiger partial charge < -0.3 is 9.64 Å². The van der Waals surface area contributed by atoms with Gasteiger partial charge >= 0.3 is 0 Å². The summed E-state index contributed by atoms with van der Waals surface area (Å²) < 4.78 is 46.8. The van der Waals surface area contributed by atoms with Crippen molar-refractivity contribution in [3.63, 3.8) is 0 Å². The lowest BCUT2D eigenvalue weighted by molar-refractivity contribution is 0.0743. The van der Waals surface area contributed by atoms with E-state index in [0.29, 0.717) is 16.3 Å². The first-order valence-corrected chi connectivity index (χ1v) is 9.07. The number of fused-ring (bicyclic) bond motifs is 1. The van der Waals surface area contributed by atoms with Crippen LogP contribution < -0.4 is 4.74 Å². The van der Waals surface area contributed by atoms with Crippen molar-refractivity contribution in [3.8, 4) is 5.88 Å². The van der Waals surface area contributed by atoms with E-state index in [2.05, 4.69) is 20.9 Å². The normalized spacial score (nSPS) is 12.1. The molecule has 3 aromatic rings. The highest BCUT2D eigenvalue weighted by molar-refractivity contribution is 9.10. The zero-order valence-electron chi connectivity index (χ0n) is 15.3. The summed E-state index contributed by atoms with van der Waals surface area (Å²) in [5.41, 5.74) is 0.668. The molecular formula is C20H16BrF3N2O2. The minimum atomic E-state index is -1.02. The minimum absolute atomic E-state index is 0.147. The molecule has 1 heterocycles. The third kappa shape index (κ3) is 3.56. The first-order chi connectivity index (χ1) is 13.2. The highest BCUT2D eigenvalue weighted by atomic mass is 79.9. The lowest BCUT2D eigenvalue weighted by Gasteiger charge is -2.26. The van der Waals surface area contributed by atoms with E-state index in [1.54, 1.807) is 14.0 Å². The predicted molar refractivity (Wildman–Crippen MR) is 103 cm³/mol. The van der Waals surface area contributed by atoms with E-state index >= 15 is 0 Å². The fourth-order valence-corrected chi connectivity index (χ4v) is 3.19. The van der Waals surface area contributed by atoms with Gasteiger partial charge in [0.15, 0.2) is 11.6 Å². The van der Waals surface area contributed by atoms with Gasteiger partial charge in [-0.1, -0.05) is 0 Å². The zero-order valence-corrected chi connectivity index (χ0v) is 16.9. The quantitative estimate of drug-likeness (QED) is 0.542. The summed E-state index contributed by atoms with van der Waals surface area (Å²) in [6.45, 7) is 1.72. The van der Waals surface area contributed by atoms with Crippen LogP contribution in [0.3, 0.4) is 0 Å². The molecule has 0 radical (unpaired) electrons. The molecule has 1 aromatic heterocycles. The number of rotatable bonds is 4. The number of hydrogen-bond donors (Lipinski definition) is 0. The lowest BCUT2D eigenvalue weighted by Crippen LogP contribution is -2.30. The van der Waals surface area contributed by atoms with E-state index in [9.17, 15) is 18.0 Å². The second-order valence-corrected chi connectivity index (χ2v) is 7.11. The summed E-state index contributed by atoms with van der Waals surface area (Å²) in [6, 6.07) is 5.60. The number of hydrogen-bond acceptors (Lipinski definition) is 3. The average molecular weight is 453 g/mol. The Morgan fingerprint density at radius 3 is 2.36 bits per heavy atom. The second-order valence-electron chi connectivity index (χ2n) is 6.26. The van der Waals surface area contributed by atoms with Crippen molar-refractivity contribution in [2.24, 2.45) is 0 Å². The number of carbonyl (C=O) groups is 1. The second kappa shape index (κ2) is 7.79. The molecule has 0 spiro atoms. The highest BCUT2D eigenvalue weighted by Crippen LogP contribution is 2.33. The number of ether oxygens (including phenoxy) is 1. The molecule has 2 aromatic carbocycles. The Kier molecular flexibility index (Phi) is 5.60. The van der Waals surface area contributed by atoms with E-state index < -0.39 is 29.4 Å². The average Bonchev–Trinajstić information content (AvgIpc) is 2.68. The van der Waals surface area contributed by atoms with Crippen LogP contribution in [0.1, 0.15) is 28.9 Å². The Morgan fingerprint density at radius 1 is 1.11 bits per heavy atom. The molecular weight excluding hydrogens is 437 g/mol. The number of methoxy groups -OCH3 is 1. The van der Waals surface area contributed by atoms with Crippen molar-refractivity contribution < 1.29 is 22.7 Å². The van der Waals surface area contributed by atoms with Crippen molar-refractivity contribution >= 4 is 32.6 Å². The summed E-state index contributed by atoms with van der Waals surface area (Å²) in [6.07, 6.45) is 1.45. The number of benzene rings is 2. The summed E-state index contributed by atoms with van der Waals surface area (Å²) in [5, 5.41) is 0.668. The Labute approximate surface area is 168 Å². The van der Waals surface area contributed by atoms with E-state index in [-0.39, 0.29) is 15.9 Å². The van der Waals surface area contributed by atoms with Gasteiger partial charge in [0.05, 0.1) is 17.6 Å². The van der Waals surface area contributed by atoms with Crippen molar-refractivity contribution in [2.45, 2.75) is 13.0 Å². The summed E-state index contributed by atoms with van der Waals surface area (Å²) in [5.74, 6) is -2.87. The number of amides is 1. The Balaban J connectivity index is 2.04. The Morgan fingerprint density at radius 2 is 1.75 bits per heavy atom. The van der Waals surface area contributed by atoms with Crippen molar-refractivity contribution in [3.05, 3.63) is 69.6 Å². The third-order valence-corrected chi connectivity index (χ3v) is 5.28. The standard InChI is InChI=1S/C20H16BrF3N2O2/c1-10(26(2)20(27)11-4-5-15(21)16(22)6-11)14-9-25-19(28-3)13-8-18(24)17(23)7-12(13)14/h4-10H,1-3H3. The maximum absolute atomic E-state index is 13.9. The monoisotopic (exact) mass is 452 g/mol. The maximum atomic E-state index is 13.9. The largest absolute Gasteiger partial charge is 0.481 e. The van der Waals surface area contributed by atoms with Crippen LogP contribution in [0, 0.1) is 17.5 Å². The summed E-state index contributed by atoms with van der Waals surface area (Å²) in [7, 11) is 2.92. The van der Waals surface area contributed by atoms with Gasteiger partial charge in [0.2, 0.25) is 5.88 Å². The van der Waals surface area contributed by atoms with E-state index in [1.165, 1.54) is 30.3 Å². The van der Waals surface area contributed by atoms with Crippen molar-refractivity contribution in [2.75, 3.05) is 14.2 Å². The van der Waals surface area contributed by atoms with E-state index in [0.717, 1.165) is 18.2 Å². The van der Waals surface area contributed by atoms with Crippen LogP contribution >= 0.6 is 15.9 Å². The minimum Gasteiger partial charge on any atom is -0.481 e. The number of nitrogens with zero attached hydrogens (tertiary/aromatic N) is 2. The van der Waals surface area contributed by atoms with Gasteiger partial charge in [-0.25, -0.2) is 18.2 Å². The first-order valence-electron chi connectivity index (χ1n) is 8.28. The molecule has 1 amide bonds. The molecule has 28 heavy (non-hydrogen) atoms. The van der Waals surface area contributed by atoms with Crippen LogP contribution in [0.5, 0.6) is 5.88 Å². The molecule has 8 heteroatoms. The van der Waals surface area contributed by atoms with Gasteiger partial charge in [0.25, 0.3) is 5.91 Å². The van der Waals surface area contributed by atoms with Crippen LogP contribution in [-0.4, -0.2) is 29.9 Å².